The van der Waals surface area contributed by atoms with E-state index in [-0.39, 0.29) is 17.6 Å². The molecule has 0 aliphatic carbocycles. The molecule has 1 aromatic heterocycles. The second-order valence-corrected chi connectivity index (χ2v) is 7.53. The topological polar surface area (TPSA) is 46.1 Å². The molecule has 0 aliphatic rings. The lowest BCUT2D eigenvalue weighted by molar-refractivity contribution is 0.0983. The fourth-order valence-corrected chi connectivity index (χ4v) is 3.36. The van der Waals surface area contributed by atoms with Crippen molar-refractivity contribution in [1.82, 2.24) is 10.2 Å². The first-order valence-corrected chi connectivity index (χ1v) is 9.23. The monoisotopic (exact) mass is 369 g/mol. The number of nitrogens with zero attached hydrogens (tertiary/aromatic N) is 3. The van der Waals surface area contributed by atoms with Gasteiger partial charge in [-0.2, -0.15) is 0 Å². The molecule has 26 heavy (non-hydrogen) atoms. The molecule has 0 spiro atoms. The predicted molar refractivity (Wildman–Crippen MR) is 103 cm³/mol. The average molecular weight is 369 g/mol. The van der Waals surface area contributed by atoms with Crippen molar-refractivity contribution in [2.75, 3.05) is 11.4 Å². The van der Waals surface area contributed by atoms with Crippen molar-refractivity contribution < 1.29 is 9.18 Å². The maximum atomic E-state index is 13.1. The van der Waals surface area contributed by atoms with Crippen molar-refractivity contribution in [3.8, 4) is 10.6 Å². The highest BCUT2D eigenvalue weighted by molar-refractivity contribution is 7.18. The number of hydrogen-bond acceptors (Lipinski definition) is 4. The zero-order valence-corrected chi connectivity index (χ0v) is 15.8. The number of amides is 1. The van der Waals surface area contributed by atoms with Crippen LogP contribution < -0.4 is 4.90 Å². The summed E-state index contributed by atoms with van der Waals surface area (Å²) < 4.78 is 13.1. The van der Waals surface area contributed by atoms with E-state index in [0.717, 1.165) is 11.1 Å². The van der Waals surface area contributed by atoms with Crippen molar-refractivity contribution in [3.05, 3.63) is 65.5 Å². The van der Waals surface area contributed by atoms with Crippen LogP contribution >= 0.6 is 11.3 Å². The molecule has 0 bridgehead atoms. The van der Waals surface area contributed by atoms with Gasteiger partial charge in [-0.3, -0.25) is 9.69 Å². The van der Waals surface area contributed by atoms with E-state index in [1.165, 1.54) is 23.5 Å². The number of aryl methyl sites for hydroxylation is 1. The summed E-state index contributed by atoms with van der Waals surface area (Å²) in [4.78, 5) is 14.7. The number of benzene rings is 2. The van der Waals surface area contributed by atoms with Gasteiger partial charge in [0.25, 0.3) is 5.91 Å². The van der Waals surface area contributed by atoms with Gasteiger partial charge in [-0.05, 0) is 49.2 Å². The molecule has 0 saturated heterocycles. The molecule has 0 atom stereocenters. The van der Waals surface area contributed by atoms with Crippen molar-refractivity contribution >= 4 is 22.4 Å². The van der Waals surface area contributed by atoms with Crippen LogP contribution in [0.25, 0.3) is 10.6 Å². The van der Waals surface area contributed by atoms with Gasteiger partial charge in [-0.25, -0.2) is 4.39 Å². The minimum absolute atomic E-state index is 0.0968. The van der Waals surface area contributed by atoms with Crippen LogP contribution in [0.5, 0.6) is 0 Å². The summed E-state index contributed by atoms with van der Waals surface area (Å²) >= 11 is 1.33. The van der Waals surface area contributed by atoms with Crippen LogP contribution in [-0.4, -0.2) is 22.6 Å². The third-order valence-electron chi connectivity index (χ3n) is 3.83. The van der Waals surface area contributed by atoms with E-state index in [1.807, 2.05) is 31.2 Å². The summed E-state index contributed by atoms with van der Waals surface area (Å²) in [6, 6.07) is 13.6. The Balaban J connectivity index is 1.91. The van der Waals surface area contributed by atoms with Gasteiger partial charge in [-0.15, -0.1) is 10.2 Å². The average Bonchev–Trinajstić information content (AvgIpc) is 3.10. The molecule has 3 rings (SSSR count). The van der Waals surface area contributed by atoms with Crippen LogP contribution in [0.2, 0.25) is 0 Å². The second kappa shape index (κ2) is 7.74. The van der Waals surface area contributed by atoms with E-state index in [0.29, 0.717) is 22.2 Å². The molecule has 0 aliphatic heterocycles. The number of halogens is 1. The fourth-order valence-electron chi connectivity index (χ4n) is 2.50. The summed E-state index contributed by atoms with van der Waals surface area (Å²) in [6.45, 7) is 6.64. The summed E-state index contributed by atoms with van der Waals surface area (Å²) in [5.41, 5.74) is 2.50. The molecule has 6 heteroatoms. The molecule has 4 nitrogen and oxygen atoms in total. The highest BCUT2D eigenvalue weighted by Crippen LogP contribution is 2.30. The quantitative estimate of drug-likeness (QED) is 0.639. The lowest BCUT2D eigenvalue weighted by Gasteiger charge is -2.21. The molecule has 0 N–H and O–H groups in total. The number of carbonyl (C=O) groups is 1. The highest BCUT2D eigenvalue weighted by atomic mass is 32.1. The zero-order valence-electron chi connectivity index (χ0n) is 14.9. The van der Waals surface area contributed by atoms with Crippen LogP contribution in [0, 0.1) is 18.7 Å². The Morgan fingerprint density at radius 3 is 2.35 bits per heavy atom. The fraction of sp³-hybridized carbons (Fsp3) is 0.250. The maximum absolute atomic E-state index is 13.1. The van der Waals surface area contributed by atoms with Gasteiger partial charge < -0.3 is 0 Å². The van der Waals surface area contributed by atoms with Crippen LogP contribution in [-0.2, 0) is 0 Å². The number of aromatic nitrogens is 2. The first-order valence-electron chi connectivity index (χ1n) is 8.42. The smallest absolute Gasteiger partial charge is 0.260 e. The first-order chi connectivity index (χ1) is 12.4. The molecule has 0 radical (unpaired) electrons. The highest BCUT2D eigenvalue weighted by Gasteiger charge is 2.23. The normalized spacial score (nSPS) is 11.0. The van der Waals surface area contributed by atoms with Crippen LogP contribution in [0.3, 0.4) is 0 Å². The van der Waals surface area contributed by atoms with E-state index in [2.05, 4.69) is 24.0 Å². The van der Waals surface area contributed by atoms with E-state index in [4.69, 9.17) is 0 Å². The Labute approximate surface area is 156 Å². The van der Waals surface area contributed by atoms with Crippen molar-refractivity contribution in [3.63, 3.8) is 0 Å². The van der Waals surface area contributed by atoms with Gasteiger partial charge in [0.05, 0.1) is 0 Å². The van der Waals surface area contributed by atoms with Crippen LogP contribution in [0.1, 0.15) is 29.8 Å². The van der Waals surface area contributed by atoms with Gasteiger partial charge in [0.1, 0.15) is 10.8 Å². The van der Waals surface area contributed by atoms with E-state index in [1.54, 1.807) is 17.0 Å². The molecule has 0 saturated carbocycles. The Hall–Kier alpha value is -2.60. The van der Waals surface area contributed by atoms with Crippen molar-refractivity contribution in [2.45, 2.75) is 20.8 Å². The summed E-state index contributed by atoms with van der Waals surface area (Å²) in [5, 5.41) is 9.60. The third-order valence-corrected chi connectivity index (χ3v) is 4.82. The van der Waals surface area contributed by atoms with Gasteiger partial charge >= 0.3 is 0 Å². The van der Waals surface area contributed by atoms with Crippen molar-refractivity contribution in [1.29, 1.82) is 0 Å². The number of rotatable bonds is 5. The molecule has 2 aromatic carbocycles. The van der Waals surface area contributed by atoms with Gasteiger partial charge in [0, 0.05) is 17.7 Å². The SMILES string of the molecule is Cc1ccc(C(=O)N(CC(C)C)c2nnc(-c3ccc(F)cc3)s2)cc1. The standard InChI is InChI=1S/C20H20FN3OS/c1-13(2)12-24(19(25)16-6-4-14(3)5-7-16)20-23-22-18(26-20)15-8-10-17(21)11-9-15/h4-11,13H,12H2,1-3H3. The van der Waals surface area contributed by atoms with E-state index >= 15 is 0 Å². The Morgan fingerprint density at radius 1 is 1.08 bits per heavy atom. The predicted octanol–water partition coefficient (Wildman–Crippen LogP) is 4.96. The largest absolute Gasteiger partial charge is 0.282 e. The van der Waals surface area contributed by atoms with Crippen LogP contribution in [0.4, 0.5) is 9.52 Å². The zero-order chi connectivity index (χ0) is 18.7. The molecular weight excluding hydrogens is 349 g/mol. The molecule has 0 unspecified atom stereocenters. The lowest BCUT2D eigenvalue weighted by Crippen LogP contribution is -2.34. The third kappa shape index (κ3) is 4.14. The van der Waals surface area contributed by atoms with Gasteiger partial charge in [0.15, 0.2) is 0 Å². The Morgan fingerprint density at radius 2 is 1.73 bits per heavy atom. The van der Waals surface area contributed by atoms with E-state index < -0.39 is 0 Å². The molecule has 1 heterocycles. The number of hydrogen-bond donors (Lipinski definition) is 0. The Bertz CT molecular complexity index is 888. The van der Waals surface area contributed by atoms with E-state index in [9.17, 15) is 9.18 Å². The molecule has 0 fully saturated rings. The minimum atomic E-state index is -0.297. The Kier molecular flexibility index (Phi) is 5.42. The summed E-state index contributed by atoms with van der Waals surface area (Å²) in [7, 11) is 0. The maximum Gasteiger partial charge on any atom is 0.260 e. The van der Waals surface area contributed by atoms with Crippen molar-refractivity contribution in [2.24, 2.45) is 5.92 Å². The molecule has 1 amide bonds. The number of anilines is 1. The number of carbonyl (C=O) groups excluding carboxylic acids is 1. The summed E-state index contributed by atoms with van der Waals surface area (Å²) in [6.07, 6.45) is 0. The first kappa shape index (κ1) is 18.2. The van der Waals surface area contributed by atoms with Gasteiger partial charge in [-0.1, -0.05) is 42.9 Å². The molecule has 3 aromatic rings. The van der Waals surface area contributed by atoms with Gasteiger partial charge in [0.2, 0.25) is 5.13 Å². The molecular formula is C20H20FN3OS. The lowest BCUT2D eigenvalue weighted by atomic mass is 10.1. The minimum Gasteiger partial charge on any atom is -0.282 e. The van der Waals surface area contributed by atoms with Crippen LogP contribution in [0.15, 0.2) is 48.5 Å². The summed E-state index contributed by atoms with van der Waals surface area (Å²) in [5.74, 6) is -0.113. The molecule has 134 valence electrons. The second-order valence-electron chi connectivity index (χ2n) is 6.57.